The highest BCUT2D eigenvalue weighted by atomic mass is 15.1. The van der Waals surface area contributed by atoms with E-state index in [1.54, 1.807) is 0 Å². The Morgan fingerprint density at radius 2 is 1.10 bits per heavy atom. The molecule has 4 nitrogen and oxygen atoms in total. The third-order valence-electron chi connectivity index (χ3n) is 11.1. The van der Waals surface area contributed by atoms with Crippen LogP contribution in [0.15, 0.2) is 170 Å². The van der Waals surface area contributed by atoms with Gasteiger partial charge in [0.05, 0.1) is 33.5 Å². The van der Waals surface area contributed by atoms with Crippen molar-refractivity contribution in [3.63, 3.8) is 0 Å². The first-order valence-electron chi connectivity index (χ1n) is 17.7. The minimum atomic E-state index is 0.915. The van der Waals surface area contributed by atoms with Crippen LogP contribution in [0, 0.1) is 0 Å². The van der Waals surface area contributed by atoms with Crippen molar-refractivity contribution in [1.82, 2.24) is 19.1 Å². The Balaban J connectivity index is 1.08. The van der Waals surface area contributed by atoms with Gasteiger partial charge in [-0.3, -0.25) is 9.55 Å². The Labute approximate surface area is 298 Å². The zero-order valence-corrected chi connectivity index (χ0v) is 28.0. The molecule has 0 saturated carbocycles. The molecule has 4 aromatic heterocycles. The third kappa shape index (κ3) is 3.70. The van der Waals surface area contributed by atoms with Gasteiger partial charge in [0.2, 0.25) is 0 Å². The Morgan fingerprint density at radius 1 is 0.404 bits per heavy atom. The average Bonchev–Trinajstić information content (AvgIpc) is 3.84. The zero-order chi connectivity index (χ0) is 33.9. The van der Waals surface area contributed by atoms with Gasteiger partial charge in [0.1, 0.15) is 5.82 Å². The minimum absolute atomic E-state index is 0.915. The van der Waals surface area contributed by atoms with Crippen molar-refractivity contribution in [3.8, 4) is 45.1 Å². The first kappa shape index (κ1) is 27.7. The molecule has 7 aromatic carbocycles. The fourth-order valence-electron chi connectivity index (χ4n) is 8.82. The maximum atomic E-state index is 5.37. The molecule has 240 valence electrons. The molecule has 0 saturated heterocycles. The predicted octanol–water partition coefficient (Wildman–Crippen LogP) is 12.3. The Morgan fingerprint density at radius 3 is 1.96 bits per heavy atom. The van der Waals surface area contributed by atoms with Crippen molar-refractivity contribution in [3.05, 3.63) is 170 Å². The van der Waals surface area contributed by atoms with Gasteiger partial charge in [-0.2, -0.15) is 0 Å². The lowest BCUT2D eigenvalue weighted by Crippen LogP contribution is -1.99. The van der Waals surface area contributed by atoms with Crippen molar-refractivity contribution in [1.29, 1.82) is 0 Å². The quantitative estimate of drug-likeness (QED) is 0.189. The minimum Gasteiger partial charge on any atom is -0.309 e. The SMILES string of the molecule is c1ccc(-n2c3ccc(-c4ccc5c(c4)c4ccccc4n5-c4cc5cccc6c5c(n4)-c4cccnc4-6)cc3c3ccc4ccccc4c32)cc1. The summed E-state index contributed by atoms with van der Waals surface area (Å²) in [5.74, 6) is 0.915. The largest absolute Gasteiger partial charge is 0.309 e. The van der Waals surface area contributed by atoms with Crippen LogP contribution in [0.5, 0.6) is 0 Å². The second-order valence-electron chi connectivity index (χ2n) is 13.8. The summed E-state index contributed by atoms with van der Waals surface area (Å²) in [6.45, 7) is 0. The highest BCUT2D eigenvalue weighted by molar-refractivity contribution is 6.20. The van der Waals surface area contributed by atoms with Gasteiger partial charge < -0.3 is 4.57 Å². The second kappa shape index (κ2) is 10.3. The molecule has 12 rings (SSSR count). The van der Waals surface area contributed by atoms with Gasteiger partial charge in [-0.05, 0) is 82.6 Å². The van der Waals surface area contributed by atoms with Gasteiger partial charge in [-0.25, -0.2) is 4.98 Å². The van der Waals surface area contributed by atoms with Crippen LogP contribution >= 0.6 is 0 Å². The smallest absolute Gasteiger partial charge is 0.138 e. The molecule has 11 aromatic rings. The van der Waals surface area contributed by atoms with Crippen molar-refractivity contribution in [2.75, 3.05) is 0 Å². The third-order valence-corrected chi connectivity index (χ3v) is 11.1. The average molecular weight is 661 g/mol. The van der Waals surface area contributed by atoms with E-state index in [-0.39, 0.29) is 0 Å². The summed E-state index contributed by atoms with van der Waals surface area (Å²) in [6, 6.07) is 59.4. The van der Waals surface area contributed by atoms with E-state index in [2.05, 4.69) is 167 Å². The Hall–Kier alpha value is -7.04. The molecule has 0 aliphatic heterocycles. The summed E-state index contributed by atoms with van der Waals surface area (Å²) in [4.78, 5) is 10.1. The molecule has 0 radical (unpaired) electrons. The maximum Gasteiger partial charge on any atom is 0.138 e. The highest BCUT2D eigenvalue weighted by Crippen LogP contribution is 2.46. The molecular weight excluding hydrogens is 633 g/mol. The van der Waals surface area contributed by atoms with E-state index in [4.69, 9.17) is 9.97 Å². The van der Waals surface area contributed by atoms with Crippen LogP contribution in [0.4, 0.5) is 0 Å². The molecule has 0 fully saturated rings. The molecule has 4 heteroatoms. The lowest BCUT2D eigenvalue weighted by Gasteiger charge is -2.11. The van der Waals surface area contributed by atoms with Gasteiger partial charge in [0, 0.05) is 55.3 Å². The summed E-state index contributed by atoms with van der Waals surface area (Å²) < 4.78 is 4.75. The van der Waals surface area contributed by atoms with Gasteiger partial charge >= 0.3 is 0 Å². The van der Waals surface area contributed by atoms with E-state index in [1.165, 1.54) is 65.3 Å². The number of benzene rings is 7. The van der Waals surface area contributed by atoms with Crippen LogP contribution in [-0.2, 0) is 0 Å². The Kier molecular flexibility index (Phi) is 5.47. The predicted molar refractivity (Wildman–Crippen MR) is 216 cm³/mol. The zero-order valence-electron chi connectivity index (χ0n) is 28.0. The molecular formula is C48H28N4. The number of hydrogen-bond donors (Lipinski definition) is 0. The number of nitrogens with zero attached hydrogens (tertiary/aromatic N) is 4. The molecule has 0 spiro atoms. The van der Waals surface area contributed by atoms with E-state index >= 15 is 0 Å². The van der Waals surface area contributed by atoms with Gasteiger partial charge in [-0.15, -0.1) is 0 Å². The number of rotatable bonds is 3. The van der Waals surface area contributed by atoms with E-state index in [0.717, 1.165) is 45.1 Å². The molecule has 0 amide bonds. The van der Waals surface area contributed by atoms with E-state index in [1.807, 2.05) is 12.3 Å². The van der Waals surface area contributed by atoms with Crippen LogP contribution in [0.2, 0.25) is 0 Å². The highest BCUT2D eigenvalue weighted by Gasteiger charge is 2.25. The van der Waals surface area contributed by atoms with Crippen LogP contribution in [0.1, 0.15) is 0 Å². The maximum absolute atomic E-state index is 5.37. The van der Waals surface area contributed by atoms with E-state index < -0.39 is 0 Å². The number of pyridine rings is 2. The van der Waals surface area contributed by atoms with Gasteiger partial charge in [-0.1, -0.05) is 103 Å². The standard InChI is InChI=1S/C48H28N4/c1-2-12-33(13-3-1)51-42-23-20-31(27-40(42)36-22-19-29-10-4-5-14-34(29)48(36)51)30-21-24-43-39(26-30)35-15-6-7-18-41(35)52(43)44-28-32-11-8-16-37-45(32)47(50-44)38-17-9-25-49-46(37)38/h1-28H. The Bertz CT molecular complexity index is 3290. The summed E-state index contributed by atoms with van der Waals surface area (Å²) in [7, 11) is 0. The van der Waals surface area contributed by atoms with Crippen LogP contribution in [0.3, 0.4) is 0 Å². The second-order valence-corrected chi connectivity index (χ2v) is 13.8. The first-order chi connectivity index (χ1) is 25.8. The van der Waals surface area contributed by atoms with Gasteiger partial charge in [0.25, 0.3) is 0 Å². The molecule has 0 bridgehead atoms. The van der Waals surface area contributed by atoms with Crippen LogP contribution < -0.4 is 0 Å². The van der Waals surface area contributed by atoms with Crippen molar-refractivity contribution in [2.45, 2.75) is 0 Å². The normalized spacial score (nSPS) is 12.2. The number of hydrogen-bond acceptors (Lipinski definition) is 2. The topological polar surface area (TPSA) is 35.6 Å². The fraction of sp³-hybridized carbons (Fsp3) is 0. The molecule has 0 unspecified atom stereocenters. The summed E-state index contributed by atoms with van der Waals surface area (Å²) in [5.41, 5.74) is 12.5. The van der Waals surface area contributed by atoms with Gasteiger partial charge in [0.15, 0.2) is 0 Å². The van der Waals surface area contributed by atoms with E-state index in [9.17, 15) is 0 Å². The van der Waals surface area contributed by atoms with Crippen molar-refractivity contribution < 1.29 is 0 Å². The lowest BCUT2D eigenvalue weighted by atomic mass is 10.00. The van der Waals surface area contributed by atoms with Crippen molar-refractivity contribution >= 4 is 65.2 Å². The summed E-state index contributed by atoms with van der Waals surface area (Å²) >= 11 is 0. The number of fused-ring (bicyclic) bond motifs is 11. The first-order valence-corrected chi connectivity index (χ1v) is 17.7. The molecule has 52 heavy (non-hydrogen) atoms. The summed E-state index contributed by atoms with van der Waals surface area (Å²) in [5, 5.41) is 9.78. The van der Waals surface area contributed by atoms with Crippen LogP contribution in [-0.4, -0.2) is 19.1 Å². The lowest BCUT2D eigenvalue weighted by molar-refractivity contribution is 1.09. The molecule has 1 aliphatic rings. The van der Waals surface area contributed by atoms with E-state index in [0.29, 0.717) is 0 Å². The number of aromatic nitrogens is 4. The molecule has 1 aliphatic carbocycles. The monoisotopic (exact) mass is 660 g/mol. The molecule has 0 N–H and O–H groups in total. The van der Waals surface area contributed by atoms with Crippen molar-refractivity contribution in [2.24, 2.45) is 0 Å². The fourth-order valence-corrected chi connectivity index (χ4v) is 8.82. The molecule has 4 heterocycles. The summed E-state index contributed by atoms with van der Waals surface area (Å²) in [6.07, 6.45) is 1.87. The molecule has 0 atom stereocenters. The van der Waals surface area contributed by atoms with Crippen LogP contribution in [0.25, 0.3) is 110 Å². The number of para-hydroxylation sites is 2.